The van der Waals surface area contributed by atoms with Gasteiger partial charge in [0.2, 0.25) is 0 Å². The monoisotopic (exact) mass is 299 g/mol. The van der Waals surface area contributed by atoms with Crippen molar-refractivity contribution in [2.24, 2.45) is 0 Å². The fourth-order valence-electron chi connectivity index (χ4n) is 2.06. The largest absolute Gasteiger partial charge is 0.478 e. The Morgan fingerprint density at radius 2 is 1.85 bits per heavy atom. The van der Waals surface area contributed by atoms with E-state index in [2.05, 4.69) is 9.71 Å². The van der Waals surface area contributed by atoms with E-state index < -0.39 is 16.2 Å². The molecule has 1 aliphatic rings. The number of carbonyl (C=O) groups is 1. The maximum Gasteiger partial charge on any atom is 0.337 e. The van der Waals surface area contributed by atoms with E-state index in [9.17, 15) is 13.2 Å². The quantitative estimate of drug-likeness (QED) is 0.873. The van der Waals surface area contributed by atoms with Gasteiger partial charge in [0, 0.05) is 19.3 Å². The van der Waals surface area contributed by atoms with Gasteiger partial charge in [-0.25, -0.2) is 9.78 Å². The molecule has 0 radical (unpaired) electrons. The summed E-state index contributed by atoms with van der Waals surface area (Å²) in [4.78, 5) is 14.5. The summed E-state index contributed by atoms with van der Waals surface area (Å²) in [5.74, 6) is -0.973. The molecule has 2 N–H and O–H groups in total. The zero-order valence-electron chi connectivity index (χ0n) is 10.9. The van der Waals surface area contributed by atoms with Crippen LogP contribution in [0, 0.1) is 0 Å². The smallest absolute Gasteiger partial charge is 0.337 e. The van der Waals surface area contributed by atoms with Crippen LogP contribution in [0.3, 0.4) is 0 Å². The van der Waals surface area contributed by atoms with Crippen LogP contribution in [0.15, 0.2) is 18.3 Å². The fraction of sp³-hybridized carbons (Fsp3) is 0.500. The van der Waals surface area contributed by atoms with E-state index in [1.165, 1.54) is 16.4 Å². The van der Waals surface area contributed by atoms with E-state index in [-0.39, 0.29) is 11.4 Å². The summed E-state index contributed by atoms with van der Waals surface area (Å²) in [6.07, 6.45) is 4.91. The number of anilines is 1. The summed E-state index contributed by atoms with van der Waals surface area (Å²) >= 11 is 0. The Hall–Kier alpha value is -1.67. The lowest BCUT2D eigenvalue weighted by Gasteiger charge is -2.20. The minimum absolute atomic E-state index is 0.0164. The van der Waals surface area contributed by atoms with Crippen LogP contribution in [0.1, 0.15) is 36.0 Å². The normalized spacial score (nSPS) is 17.4. The third-order valence-electron chi connectivity index (χ3n) is 3.15. The van der Waals surface area contributed by atoms with Gasteiger partial charge in [0.1, 0.15) is 5.82 Å². The van der Waals surface area contributed by atoms with Gasteiger partial charge in [0.05, 0.1) is 5.56 Å². The molecule has 1 aromatic heterocycles. The molecule has 1 aromatic rings. The number of carboxylic acid groups (broad SMARTS) is 1. The Kier molecular flexibility index (Phi) is 4.56. The summed E-state index contributed by atoms with van der Waals surface area (Å²) in [5, 5.41) is 8.76. The Bertz CT molecular complexity index is 563. The van der Waals surface area contributed by atoms with Crippen LogP contribution in [-0.4, -0.2) is 41.9 Å². The molecule has 0 aliphatic carbocycles. The first kappa shape index (κ1) is 14.7. The van der Waals surface area contributed by atoms with Crippen molar-refractivity contribution in [3.63, 3.8) is 0 Å². The molecule has 1 fully saturated rings. The van der Waals surface area contributed by atoms with Crippen LogP contribution in [0.25, 0.3) is 0 Å². The lowest BCUT2D eigenvalue weighted by atomic mass is 10.2. The highest BCUT2D eigenvalue weighted by atomic mass is 32.2. The lowest BCUT2D eigenvalue weighted by molar-refractivity contribution is 0.0696. The second kappa shape index (κ2) is 6.19. The molecule has 0 saturated carbocycles. The fourth-order valence-corrected chi connectivity index (χ4v) is 3.31. The molecule has 8 heteroatoms. The number of carboxylic acids is 1. The highest BCUT2D eigenvalue weighted by molar-refractivity contribution is 7.90. The van der Waals surface area contributed by atoms with Crippen molar-refractivity contribution < 1.29 is 18.3 Å². The maximum atomic E-state index is 12.2. The van der Waals surface area contributed by atoms with Crippen LogP contribution >= 0.6 is 0 Å². The second-order valence-electron chi connectivity index (χ2n) is 4.66. The Morgan fingerprint density at radius 3 is 2.35 bits per heavy atom. The Balaban J connectivity index is 2.08. The van der Waals surface area contributed by atoms with Gasteiger partial charge in [-0.3, -0.25) is 4.72 Å². The molecule has 110 valence electrons. The number of pyridine rings is 1. The van der Waals surface area contributed by atoms with E-state index in [0.29, 0.717) is 13.1 Å². The Morgan fingerprint density at radius 1 is 1.20 bits per heavy atom. The van der Waals surface area contributed by atoms with Crippen molar-refractivity contribution in [3.05, 3.63) is 23.9 Å². The minimum Gasteiger partial charge on any atom is -0.478 e. The zero-order valence-corrected chi connectivity index (χ0v) is 11.8. The number of hydrogen-bond donors (Lipinski definition) is 2. The number of aromatic carboxylic acids is 1. The molecule has 0 aromatic carbocycles. The van der Waals surface area contributed by atoms with Crippen molar-refractivity contribution >= 4 is 22.0 Å². The van der Waals surface area contributed by atoms with Crippen LogP contribution < -0.4 is 4.72 Å². The molecule has 0 spiro atoms. The third-order valence-corrected chi connectivity index (χ3v) is 4.66. The molecule has 7 nitrogen and oxygen atoms in total. The van der Waals surface area contributed by atoms with Gasteiger partial charge in [0.15, 0.2) is 0 Å². The van der Waals surface area contributed by atoms with Gasteiger partial charge in [-0.15, -0.1) is 0 Å². The van der Waals surface area contributed by atoms with Crippen LogP contribution in [0.5, 0.6) is 0 Å². The van der Waals surface area contributed by atoms with Crippen LogP contribution in [0.2, 0.25) is 0 Å². The predicted octanol–water partition coefficient (Wildman–Crippen LogP) is 1.31. The summed E-state index contributed by atoms with van der Waals surface area (Å²) in [6.45, 7) is 1.01. The predicted molar refractivity (Wildman–Crippen MR) is 73.8 cm³/mol. The van der Waals surface area contributed by atoms with Crippen molar-refractivity contribution in [1.82, 2.24) is 9.29 Å². The topological polar surface area (TPSA) is 99.6 Å². The number of nitrogens with one attached hydrogen (secondary N) is 1. The molecular formula is C12H17N3O4S. The van der Waals surface area contributed by atoms with Crippen LogP contribution in [0.4, 0.5) is 5.82 Å². The highest BCUT2D eigenvalue weighted by Gasteiger charge is 2.23. The van der Waals surface area contributed by atoms with E-state index in [0.717, 1.165) is 31.9 Å². The first-order valence-electron chi connectivity index (χ1n) is 6.46. The first-order chi connectivity index (χ1) is 9.49. The van der Waals surface area contributed by atoms with Gasteiger partial charge >= 0.3 is 16.2 Å². The Labute approximate surface area is 117 Å². The molecule has 1 aliphatic heterocycles. The highest BCUT2D eigenvalue weighted by Crippen LogP contribution is 2.15. The van der Waals surface area contributed by atoms with Gasteiger partial charge in [0.25, 0.3) is 0 Å². The third kappa shape index (κ3) is 3.67. The molecule has 20 heavy (non-hydrogen) atoms. The van der Waals surface area contributed by atoms with Gasteiger partial charge < -0.3 is 5.11 Å². The molecule has 2 heterocycles. The van der Waals surface area contributed by atoms with E-state index >= 15 is 0 Å². The molecule has 0 bridgehead atoms. The van der Waals surface area contributed by atoms with E-state index in [1.807, 2.05) is 0 Å². The summed E-state index contributed by atoms with van der Waals surface area (Å²) in [5.41, 5.74) is 0.0164. The number of aromatic nitrogens is 1. The number of rotatable bonds is 4. The molecule has 0 unspecified atom stereocenters. The second-order valence-corrected chi connectivity index (χ2v) is 6.33. The van der Waals surface area contributed by atoms with Gasteiger partial charge in [-0.2, -0.15) is 12.7 Å². The van der Waals surface area contributed by atoms with Crippen molar-refractivity contribution in [3.8, 4) is 0 Å². The summed E-state index contributed by atoms with van der Waals surface area (Å²) in [7, 11) is -3.62. The minimum atomic E-state index is -3.62. The molecule has 1 saturated heterocycles. The molecule has 0 atom stereocenters. The SMILES string of the molecule is O=C(O)c1ccc(NS(=O)(=O)N2CCCCCC2)nc1. The zero-order chi connectivity index (χ0) is 14.6. The molecule has 2 rings (SSSR count). The average molecular weight is 299 g/mol. The lowest BCUT2D eigenvalue weighted by Crippen LogP contribution is -2.36. The number of nitrogens with zero attached hydrogens (tertiary/aromatic N) is 2. The first-order valence-corrected chi connectivity index (χ1v) is 7.90. The molecular weight excluding hydrogens is 282 g/mol. The standard InChI is InChI=1S/C12H17N3O4S/c16-12(17)10-5-6-11(13-9-10)14-20(18,19)15-7-3-1-2-4-8-15/h5-6,9H,1-4,7-8H2,(H,13,14)(H,16,17). The van der Waals surface area contributed by atoms with Crippen LogP contribution in [-0.2, 0) is 10.2 Å². The van der Waals surface area contributed by atoms with E-state index in [4.69, 9.17) is 5.11 Å². The number of hydrogen-bond acceptors (Lipinski definition) is 4. The van der Waals surface area contributed by atoms with Gasteiger partial charge in [-0.05, 0) is 25.0 Å². The maximum absolute atomic E-state index is 12.2. The van der Waals surface area contributed by atoms with Crippen molar-refractivity contribution in [2.75, 3.05) is 17.8 Å². The van der Waals surface area contributed by atoms with Crippen molar-refractivity contribution in [1.29, 1.82) is 0 Å². The van der Waals surface area contributed by atoms with Crippen molar-refractivity contribution in [2.45, 2.75) is 25.7 Å². The summed E-state index contributed by atoms with van der Waals surface area (Å²) < 4.78 is 28.2. The van der Waals surface area contributed by atoms with Gasteiger partial charge in [-0.1, -0.05) is 12.8 Å². The summed E-state index contributed by atoms with van der Waals surface area (Å²) in [6, 6.07) is 2.66. The average Bonchev–Trinajstić information content (AvgIpc) is 2.68. The van der Waals surface area contributed by atoms with E-state index in [1.54, 1.807) is 0 Å². The molecule has 0 amide bonds.